The van der Waals surface area contributed by atoms with Crippen LogP contribution in [-0.4, -0.2) is 12.6 Å². The Hall–Kier alpha value is -0.830. The number of ether oxygens (including phenoxy) is 1. The first-order chi connectivity index (χ1) is 7.72. The van der Waals surface area contributed by atoms with E-state index >= 15 is 0 Å². The van der Waals surface area contributed by atoms with Gasteiger partial charge in [0, 0.05) is 4.47 Å². The van der Waals surface area contributed by atoms with Gasteiger partial charge in [0.15, 0.2) is 0 Å². The monoisotopic (exact) mass is 282 g/mol. The second-order valence-corrected chi connectivity index (χ2v) is 4.88. The van der Waals surface area contributed by atoms with Crippen LogP contribution in [0.2, 0.25) is 0 Å². The summed E-state index contributed by atoms with van der Waals surface area (Å²) in [6.07, 6.45) is 4.67. The third kappa shape index (κ3) is 2.29. The molecule has 16 heavy (non-hydrogen) atoms. The van der Waals surface area contributed by atoms with E-state index in [9.17, 15) is 4.79 Å². The predicted molar refractivity (Wildman–Crippen MR) is 66.7 cm³/mol. The van der Waals surface area contributed by atoms with Gasteiger partial charge in [-0.1, -0.05) is 0 Å². The molecule has 0 aliphatic heterocycles. The van der Waals surface area contributed by atoms with Gasteiger partial charge in [-0.25, -0.2) is 4.79 Å². The molecular formula is C13H15BrO2. The average molecular weight is 283 g/mol. The summed E-state index contributed by atoms with van der Waals surface area (Å²) in [4.78, 5) is 11.7. The Morgan fingerprint density at radius 1 is 1.31 bits per heavy atom. The van der Waals surface area contributed by atoms with Crippen molar-refractivity contribution < 1.29 is 9.53 Å². The Bertz CT molecular complexity index is 413. The lowest BCUT2D eigenvalue weighted by atomic mass is 9.90. The van der Waals surface area contributed by atoms with Gasteiger partial charge in [-0.15, -0.1) is 0 Å². The molecule has 0 saturated heterocycles. The van der Waals surface area contributed by atoms with Gasteiger partial charge >= 0.3 is 5.97 Å². The molecule has 0 heterocycles. The minimum Gasteiger partial charge on any atom is -0.462 e. The molecular weight excluding hydrogens is 268 g/mol. The molecule has 0 bridgehead atoms. The number of aryl methyl sites for hydroxylation is 2. The molecule has 2 rings (SSSR count). The lowest BCUT2D eigenvalue weighted by molar-refractivity contribution is 0.0525. The van der Waals surface area contributed by atoms with Crippen molar-refractivity contribution in [2.75, 3.05) is 6.61 Å². The molecule has 1 aromatic carbocycles. The van der Waals surface area contributed by atoms with Crippen LogP contribution < -0.4 is 0 Å². The fourth-order valence-corrected chi connectivity index (χ4v) is 2.67. The summed E-state index contributed by atoms with van der Waals surface area (Å²) in [6, 6.07) is 4.05. The van der Waals surface area contributed by atoms with Crippen molar-refractivity contribution in [3.8, 4) is 0 Å². The quantitative estimate of drug-likeness (QED) is 0.776. The zero-order valence-corrected chi connectivity index (χ0v) is 11.0. The first kappa shape index (κ1) is 11.6. The number of rotatable bonds is 2. The number of carbonyl (C=O) groups excluding carboxylic acids is 1. The van der Waals surface area contributed by atoms with Gasteiger partial charge < -0.3 is 4.74 Å². The molecule has 0 saturated carbocycles. The molecule has 1 aromatic rings. The third-order valence-corrected chi connectivity index (χ3v) is 3.58. The Morgan fingerprint density at radius 3 is 2.56 bits per heavy atom. The summed E-state index contributed by atoms with van der Waals surface area (Å²) < 4.78 is 5.88. The van der Waals surface area contributed by atoms with Crippen molar-refractivity contribution in [2.45, 2.75) is 32.6 Å². The maximum absolute atomic E-state index is 11.7. The number of fused-ring (bicyclic) bond motifs is 1. The van der Waals surface area contributed by atoms with Crippen LogP contribution in [0.15, 0.2) is 16.6 Å². The lowest BCUT2D eigenvalue weighted by Gasteiger charge is -2.17. The summed E-state index contributed by atoms with van der Waals surface area (Å²) in [5, 5.41) is 0. The Kier molecular flexibility index (Phi) is 3.64. The Balaban J connectivity index is 2.35. The number of halogens is 1. The first-order valence-electron chi connectivity index (χ1n) is 5.70. The van der Waals surface area contributed by atoms with Crippen LogP contribution in [-0.2, 0) is 17.6 Å². The molecule has 0 spiro atoms. The van der Waals surface area contributed by atoms with E-state index in [0.29, 0.717) is 12.2 Å². The summed E-state index contributed by atoms with van der Waals surface area (Å²) in [5.74, 6) is -0.234. The molecule has 0 unspecified atom stereocenters. The van der Waals surface area contributed by atoms with Crippen molar-refractivity contribution in [3.63, 3.8) is 0 Å². The van der Waals surface area contributed by atoms with Gasteiger partial charge in [0.05, 0.1) is 12.2 Å². The van der Waals surface area contributed by atoms with Crippen LogP contribution in [0.5, 0.6) is 0 Å². The van der Waals surface area contributed by atoms with E-state index < -0.39 is 0 Å². The SMILES string of the molecule is CCOC(=O)c1cc2c(cc1Br)CCCC2. The van der Waals surface area contributed by atoms with Crippen molar-refractivity contribution >= 4 is 21.9 Å². The van der Waals surface area contributed by atoms with Crippen molar-refractivity contribution in [1.82, 2.24) is 0 Å². The van der Waals surface area contributed by atoms with Crippen LogP contribution in [0, 0.1) is 0 Å². The molecule has 1 aliphatic carbocycles. The van der Waals surface area contributed by atoms with Crippen LogP contribution in [0.3, 0.4) is 0 Å². The number of hydrogen-bond acceptors (Lipinski definition) is 2. The lowest BCUT2D eigenvalue weighted by Crippen LogP contribution is -2.09. The van der Waals surface area contributed by atoms with Gasteiger partial charge in [0.2, 0.25) is 0 Å². The first-order valence-corrected chi connectivity index (χ1v) is 6.50. The summed E-state index contributed by atoms with van der Waals surface area (Å²) >= 11 is 3.45. The Labute approximate surface area is 104 Å². The van der Waals surface area contributed by atoms with Gasteiger partial charge in [0.25, 0.3) is 0 Å². The highest BCUT2D eigenvalue weighted by Crippen LogP contribution is 2.28. The van der Waals surface area contributed by atoms with Gasteiger partial charge in [-0.05, 0) is 71.8 Å². The molecule has 1 aliphatic rings. The van der Waals surface area contributed by atoms with E-state index in [1.165, 1.54) is 24.0 Å². The minimum atomic E-state index is -0.234. The van der Waals surface area contributed by atoms with Crippen molar-refractivity contribution in [1.29, 1.82) is 0 Å². The second kappa shape index (κ2) is 5.00. The molecule has 0 aromatic heterocycles. The highest BCUT2D eigenvalue weighted by Gasteiger charge is 2.17. The maximum atomic E-state index is 11.7. The van der Waals surface area contributed by atoms with E-state index in [2.05, 4.69) is 22.0 Å². The molecule has 0 radical (unpaired) electrons. The number of hydrogen-bond donors (Lipinski definition) is 0. The van der Waals surface area contributed by atoms with E-state index in [-0.39, 0.29) is 5.97 Å². The molecule has 3 heteroatoms. The maximum Gasteiger partial charge on any atom is 0.339 e. The summed E-state index contributed by atoms with van der Waals surface area (Å²) in [7, 11) is 0. The molecule has 0 amide bonds. The summed E-state index contributed by atoms with van der Waals surface area (Å²) in [5.41, 5.74) is 3.33. The second-order valence-electron chi connectivity index (χ2n) is 4.03. The summed E-state index contributed by atoms with van der Waals surface area (Å²) in [6.45, 7) is 2.24. The van der Waals surface area contributed by atoms with Crippen LogP contribution >= 0.6 is 15.9 Å². The topological polar surface area (TPSA) is 26.3 Å². The van der Waals surface area contributed by atoms with Gasteiger partial charge in [-0.3, -0.25) is 0 Å². The smallest absolute Gasteiger partial charge is 0.339 e. The van der Waals surface area contributed by atoms with E-state index in [1.54, 1.807) is 0 Å². The normalized spacial score (nSPS) is 14.4. The molecule has 0 atom stereocenters. The van der Waals surface area contributed by atoms with Crippen LogP contribution in [0.1, 0.15) is 41.3 Å². The van der Waals surface area contributed by atoms with Crippen molar-refractivity contribution in [3.05, 3.63) is 33.3 Å². The molecule has 86 valence electrons. The predicted octanol–water partition coefficient (Wildman–Crippen LogP) is 3.50. The number of benzene rings is 1. The van der Waals surface area contributed by atoms with Crippen molar-refractivity contribution in [2.24, 2.45) is 0 Å². The highest BCUT2D eigenvalue weighted by atomic mass is 79.9. The van der Waals surface area contributed by atoms with Crippen LogP contribution in [0.4, 0.5) is 0 Å². The number of esters is 1. The van der Waals surface area contributed by atoms with E-state index in [4.69, 9.17) is 4.74 Å². The third-order valence-electron chi connectivity index (χ3n) is 2.93. The standard InChI is InChI=1S/C13H15BrO2/c1-2-16-13(15)11-7-9-5-3-4-6-10(9)8-12(11)14/h7-8H,2-6H2,1H3. The van der Waals surface area contributed by atoms with Gasteiger partial charge in [0.1, 0.15) is 0 Å². The highest BCUT2D eigenvalue weighted by molar-refractivity contribution is 9.10. The number of carbonyl (C=O) groups is 1. The van der Waals surface area contributed by atoms with Crippen LogP contribution in [0.25, 0.3) is 0 Å². The van der Waals surface area contributed by atoms with E-state index in [0.717, 1.165) is 17.3 Å². The zero-order chi connectivity index (χ0) is 11.5. The average Bonchev–Trinajstić information content (AvgIpc) is 2.28. The largest absolute Gasteiger partial charge is 0.462 e. The van der Waals surface area contributed by atoms with E-state index in [1.807, 2.05) is 13.0 Å². The minimum absolute atomic E-state index is 0.234. The molecule has 0 fully saturated rings. The fourth-order valence-electron chi connectivity index (χ4n) is 2.12. The Morgan fingerprint density at radius 2 is 1.94 bits per heavy atom. The zero-order valence-electron chi connectivity index (χ0n) is 9.38. The molecule has 0 N–H and O–H groups in total. The van der Waals surface area contributed by atoms with Gasteiger partial charge in [-0.2, -0.15) is 0 Å². The fraction of sp³-hybridized carbons (Fsp3) is 0.462. The molecule has 2 nitrogen and oxygen atoms in total.